The molecule has 1 unspecified atom stereocenters. The second-order valence-corrected chi connectivity index (χ2v) is 8.03. The number of hydrogen-bond donors (Lipinski definition) is 2. The smallest absolute Gasteiger partial charge is 0.273 e. The molecule has 0 saturated heterocycles. The molecule has 172 valence electrons. The second kappa shape index (κ2) is 10.2. The van der Waals surface area contributed by atoms with E-state index in [1.165, 1.54) is 36.3 Å². The zero-order valence-corrected chi connectivity index (χ0v) is 18.2. The van der Waals surface area contributed by atoms with E-state index in [1.807, 2.05) is 12.1 Å². The monoisotopic (exact) mass is 452 g/mol. The Hall–Kier alpha value is -3.76. The fourth-order valence-corrected chi connectivity index (χ4v) is 3.39. The lowest BCUT2D eigenvalue weighted by molar-refractivity contribution is -0.115. The highest BCUT2D eigenvalue weighted by atomic mass is 19.1. The molecule has 4 rings (SSSR count). The van der Waals surface area contributed by atoms with Gasteiger partial charge in [-0.15, -0.1) is 10.2 Å². The number of anilines is 1. The van der Waals surface area contributed by atoms with Crippen molar-refractivity contribution >= 4 is 17.6 Å². The Labute approximate surface area is 190 Å². The minimum atomic E-state index is -1.19. The van der Waals surface area contributed by atoms with Crippen LogP contribution in [0.4, 0.5) is 10.2 Å². The summed E-state index contributed by atoms with van der Waals surface area (Å²) in [6.07, 6.45) is 5.09. The first kappa shape index (κ1) is 22.4. The first-order valence-electron chi connectivity index (χ1n) is 10.8. The molecule has 3 aromatic heterocycles. The van der Waals surface area contributed by atoms with Gasteiger partial charge in [-0.3, -0.25) is 14.6 Å². The van der Waals surface area contributed by atoms with E-state index in [2.05, 4.69) is 36.1 Å². The first-order chi connectivity index (χ1) is 16.0. The van der Waals surface area contributed by atoms with Gasteiger partial charge in [0.25, 0.3) is 5.91 Å². The number of halogens is 1. The highest BCUT2D eigenvalue weighted by Gasteiger charge is 2.23. The molecule has 33 heavy (non-hydrogen) atoms. The van der Waals surface area contributed by atoms with Gasteiger partial charge >= 0.3 is 0 Å². The van der Waals surface area contributed by atoms with Crippen LogP contribution >= 0.6 is 0 Å². The zero-order valence-electron chi connectivity index (χ0n) is 18.2. The van der Waals surface area contributed by atoms with Crippen molar-refractivity contribution in [1.29, 1.82) is 0 Å². The standard InChI is InChI=1S/C22H25FN8O2/c1-24-22(33)19-13-31(30-28-19)12-16(23)4-5-17-6-7-20(29-27-17)26-21(32)11-18-10-15(8-9-25-18)14-2-3-14/h6-10,13-14,16H,2-5,11-12H2,1H3,(H,24,33)(H,26,29,32). The summed E-state index contributed by atoms with van der Waals surface area (Å²) in [5, 5.41) is 20.7. The summed E-state index contributed by atoms with van der Waals surface area (Å²) in [6.45, 7) is -0.0124. The number of rotatable bonds is 10. The third-order valence-electron chi connectivity index (χ3n) is 5.32. The van der Waals surface area contributed by atoms with Gasteiger partial charge in [0.15, 0.2) is 11.5 Å². The van der Waals surface area contributed by atoms with Crippen LogP contribution in [-0.2, 0) is 24.2 Å². The molecule has 1 aliphatic carbocycles. The van der Waals surface area contributed by atoms with Crippen LogP contribution < -0.4 is 10.6 Å². The molecule has 10 nitrogen and oxygen atoms in total. The van der Waals surface area contributed by atoms with Crippen LogP contribution in [0.3, 0.4) is 0 Å². The van der Waals surface area contributed by atoms with E-state index in [1.54, 1.807) is 18.3 Å². The molecule has 1 fully saturated rings. The van der Waals surface area contributed by atoms with Gasteiger partial charge in [0, 0.05) is 18.9 Å². The number of aryl methyl sites for hydroxylation is 1. The number of alkyl halides is 1. The molecule has 0 radical (unpaired) electrons. The number of nitrogens with zero attached hydrogens (tertiary/aromatic N) is 6. The molecule has 2 amide bonds. The summed E-state index contributed by atoms with van der Waals surface area (Å²) < 4.78 is 15.6. The van der Waals surface area contributed by atoms with Crippen LogP contribution in [0.5, 0.6) is 0 Å². The normalized spacial score (nSPS) is 14.0. The van der Waals surface area contributed by atoms with Crippen LogP contribution in [-0.4, -0.2) is 55.2 Å². The predicted octanol–water partition coefficient (Wildman–Crippen LogP) is 1.85. The van der Waals surface area contributed by atoms with Gasteiger partial charge in [0.05, 0.1) is 24.9 Å². The number of aromatic nitrogens is 6. The van der Waals surface area contributed by atoms with E-state index in [9.17, 15) is 14.0 Å². The van der Waals surface area contributed by atoms with Gasteiger partial charge in [-0.05, 0) is 61.4 Å². The van der Waals surface area contributed by atoms with Crippen molar-refractivity contribution in [3.05, 3.63) is 59.3 Å². The average molecular weight is 452 g/mol. The van der Waals surface area contributed by atoms with Crippen molar-refractivity contribution in [2.24, 2.45) is 0 Å². The zero-order chi connectivity index (χ0) is 23.2. The highest BCUT2D eigenvalue weighted by Crippen LogP contribution is 2.39. The summed E-state index contributed by atoms with van der Waals surface area (Å²) in [5.74, 6) is 0.351. The third-order valence-corrected chi connectivity index (χ3v) is 5.32. The summed E-state index contributed by atoms with van der Waals surface area (Å²) in [6, 6.07) is 7.34. The number of nitrogens with one attached hydrogen (secondary N) is 2. The Balaban J connectivity index is 1.22. The number of carbonyl (C=O) groups excluding carboxylic acids is 2. The molecule has 1 atom stereocenters. The Bertz CT molecular complexity index is 1110. The van der Waals surface area contributed by atoms with Crippen molar-refractivity contribution < 1.29 is 14.0 Å². The van der Waals surface area contributed by atoms with Gasteiger partial charge in [-0.2, -0.15) is 5.10 Å². The Morgan fingerprint density at radius 1 is 1.18 bits per heavy atom. The minimum Gasteiger partial charge on any atom is -0.354 e. The molecule has 1 aliphatic rings. The molecular weight excluding hydrogens is 427 g/mol. The fourth-order valence-electron chi connectivity index (χ4n) is 3.39. The van der Waals surface area contributed by atoms with Crippen molar-refractivity contribution in [3.8, 4) is 0 Å². The molecule has 0 bridgehead atoms. The minimum absolute atomic E-state index is 0.0124. The molecule has 0 aliphatic heterocycles. The maximum atomic E-state index is 14.3. The van der Waals surface area contributed by atoms with Crippen molar-refractivity contribution in [2.75, 3.05) is 12.4 Å². The summed E-state index contributed by atoms with van der Waals surface area (Å²) in [4.78, 5) is 28.1. The van der Waals surface area contributed by atoms with E-state index < -0.39 is 6.17 Å². The molecule has 11 heteroatoms. The van der Waals surface area contributed by atoms with Crippen molar-refractivity contribution in [3.63, 3.8) is 0 Å². The van der Waals surface area contributed by atoms with Crippen LogP contribution in [0.2, 0.25) is 0 Å². The van der Waals surface area contributed by atoms with Gasteiger partial charge in [-0.1, -0.05) is 5.21 Å². The summed E-state index contributed by atoms with van der Waals surface area (Å²) in [5.41, 5.74) is 2.71. The average Bonchev–Trinajstić information content (AvgIpc) is 3.57. The van der Waals surface area contributed by atoms with Crippen LogP contribution in [0.1, 0.15) is 52.6 Å². The van der Waals surface area contributed by atoms with Crippen LogP contribution in [0, 0.1) is 0 Å². The quantitative estimate of drug-likeness (QED) is 0.480. The van der Waals surface area contributed by atoms with E-state index in [0.29, 0.717) is 23.9 Å². The largest absolute Gasteiger partial charge is 0.354 e. The molecule has 0 aromatic carbocycles. The van der Waals surface area contributed by atoms with E-state index in [4.69, 9.17) is 0 Å². The molecule has 1 saturated carbocycles. The van der Waals surface area contributed by atoms with E-state index in [0.717, 1.165) is 5.69 Å². The van der Waals surface area contributed by atoms with Crippen LogP contribution in [0.25, 0.3) is 0 Å². The Morgan fingerprint density at radius 2 is 2.03 bits per heavy atom. The summed E-state index contributed by atoms with van der Waals surface area (Å²) >= 11 is 0. The summed E-state index contributed by atoms with van der Waals surface area (Å²) in [7, 11) is 1.49. The van der Waals surface area contributed by atoms with E-state index in [-0.39, 0.29) is 36.9 Å². The maximum absolute atomic E-state index is 14.3. The third kappa shape index (κ3) is 6.37. The molecule has 2 N–H and O–H groups in total. The maximum Gasteiger partial charge on any atom is 0.273 e. The Morgan fingerprint density at radius 3 is 2.76 bits per heavy atom. The fraction of sp³-hybridized carbons (Fsp3) is 0.409. The number of carbonyl (C=O) groups is 2. The topological polar surface area (TPSA) is 128 Å². The van der Waals surface area contributed by atoms with Gasteiger partial charge in [-0.25, -0.2) is 9.07 Å². The van der Waals surface area contributed by atoms with Gasteiger partial charge in [0.1, 0.15) is 6.17 Å². The first-order valence-corrected chi connectivity index (χ1v) is 10.8. The molecule has 3 aromatic rings. The number of hydrogen-bond acceptors (Lipinski definition) is 7. The lowest BCUT2D eigenvalue weighted by atomic mass is 10.1. The van der Waals surface area contributed by atoms with Gasteiger partial charge < -0.3 is 10.6 Å². The van der Waals surface area contributed by atoms with Gasteiger partial charge in [0.2, 0.25) is 5.91 Å². The highest BCUT2D eigenvalue weighted by molar-refractivity contribution is 5.91. The molecular formula is C22H25FN8O2. The lowest BCUT2D eigenvalue weighted by Crippen LogP contribution is -2.18. The molecule has 3 heterocycles. The second-order valence-electron chi connectivity index (χ2n) is 8.03. The predicted molar refractivity (Wildman–Crippen MR) is 117 cm³/mol. The lowest BCUT2D eigenvalue weighted by Gasteiger charge is -2.08. The van der Waals surface area contributed by atoms with Crippen molar-refractivity contribution in [1.82, 2.24) is 35.5 Å². The number of pyridine rings is 1. The van der Waals surface area contributed by atoms with Crippen molar-refractivity contribution in [2.45, 2.75) is 50.7 Å². The van der Waals surface area contributed by atoms with E-state index >= 15 is 0 Å². The SMILES string of the molecule is CNC(=O)c1cn(CC(F)CCc2ccc(NC(=O)Cc3cc(C4CC4)ccn3)nn2)nn1. The van der Waals surface area contributed by atoms with Crippen LogP contribution in [0.15, 0.2) is 36.7 Å². The number of amides is 2. The molecule has 0 spiro atoms. The Kier molecular flexibility index (Phi) is 6.96.